The number of carbonyl (C=O) groups is 1. The average molecular weight is 256 g/mol. The van der Waals surface area contributed by atoms with Crippen LogP contribution in [0.4, 0.5) is 0 Å². The molecule has 0 saturated carbocycles. The second kappa shape index (κ2) is 4.33. The molecule has 1 aliphatic heterocycles. The molecule has 0 unspecified atom stereocenters. The van der Waals surface area contributed by atoms with Gasteiger partial charge in [-0.05, 0) is 6.07 Å². The van der Waals surface area contributed by atoms with Crippen molar-refractivity contribution < 1.29 is 13.2 Å². The van der Waals surface area contributed by atoms with E-state index in [1.165, 1.54) is 23.1 Å². The lowest BCUT2D eigenvalue weighted by Gasteiger charge is -2.26. The van der Waals surface area contributed by atoms with Gasteiger partial charge in [-0.1, -0.05) is 6.07 Å². The van der Waals surface area contributed by atoms with Gasteiger partial charge in [0.25, 0.3) is 5.91 Å². The highest BCUT2D eigenvalue weighted by atomic mass is 32.2. The molecule has 0 radical (unpaired) electrons. The van der Waals surface area contributed by atoms with Gasteiger partial charge in [0.05, 0.1) is 11.5 Å². The maximum absolute atomic E-state index is 11.9. The molecule has 0 aromatic carbocycles. The molecule has 2 rings (SSSR count). The van der Waals surface area contributed by atoms with Crippen molar-refractivity contribution in [2.24, 2.45) is 0 Å². The van der Waals surface area contributed by atoms with Gasteiger partial charge >= 0.3 is 0 Å². The zero-order valence-corrected chi connectivity index (χ0v) is 9.87. The zero-order chi connectivity index (χ0) is 12.5. The Morgan fingerprint density at radius 1 is 1.24 bits per heavy atom. The normalized spacial score (nSPS) is 18.9. The first-order valence-corrected chi connectivity index (χ1v) is 6.99. The molecule has 17 heavy (non-hydrogen) atoms. The molecule has 1 N–H and O–H groups in total. The Hall–Kier alpha value is -1.63. The van der Waals surface area contributed by atoms with Gasteiger partial charge in [0.2, 0.25) is 5.56 Å². The predicted molar refractivity (Wildman–Crippen MR) is 61.6 cm³/mol. The number of sulfone groups is 1. The van der Waals surface area contributed by atoms with Crippen molar-refractivity contribution in [3.05, 3.63) is 34.2 Å². The fraction of sp³-hybridized carbons (Fsp3) is 0.400. The topological polar surface area (TPSA) is 87.3 Å². The number of nitrogens with zero attached hydrogens (tertiary/aromatic N) is 1. The summed E-state index contributed by atoms with van der Waals surface area (Å²) in [7, 11) is -3.01. The number of hydrogen-bond donors (Lipinski definition) is 1. The molecule has 92 valence electrons. The van der Waals surface area contributed by atoms with Crippen LogP contribution in [0.2, 0.25) is 0 Å². The van der Waals surface area contributed by atoms with E-state index in [0.717, 1.165) is 0 Å². The number of H-pyrrole nitrogens is 1. The van der Waals surface area contributed by atoms with E-state index >= 15 is 0 Å². The Bertz CT molecular complexity index is 576. The third-order valence-corrected chi connectivity index (χ3v) is 4.24. The maximum Gasteiger partial charge on any atom is 0.270 e. The molecule has 0 atom stereocenters. The van der Waals surface area contributed by atoms with Crippen molar-refractivity contribution in [1.29, 1.82) is 0 Å². The Balaban J connectivity index is 2.15. The monoisotopic (exact) mass is 256 g/mol. The average Bonchev–Trinajstić information content (AvgIpc) is 2.28. The molecule has 1 aromatic heterocycles. The molecule has 1 aliphatic rings. The highest BCUT2D eigenvalue weighted by molar-refractivity contribution is 7.91. The summed E-state index contributed by atoms with van der Waals surface area (Å²) in [6.07, 6.45) is 0. The summed E-state index contributed by atoms with van der Waals surface area (Å²) in [6.45, 7) is 0.357. The fourth-order valence-electron chi connectivity index (χ4n) is 1.66. The summed E-state index contributed by atoms with van der Waals surface area (Å²) in [5.74, 6) is -0.372. The highest BCUT2D eigenvalue weighted by Gasteiger charge is 2.25. The van der Waals surface area contributed by atoms with Gasteiger partial charge in [-0.15, -0.1) is 0 Å². The third-order valence-electron chi connectivity index (χ3n) is 2.63. The molecule has 6 nitrogen and oxygen atoms in total. The second-order valence-electron chi connectivity index (χ2n) is 3.87. The van der Waals surface area contributed by atoms with E-state index < -0.39 is 9.84 Å². The van der Waals surface area contributed by atoms with Crippen molar-refractivity contribution in [2.75, 3.05) is 24.6 Å². The number of hydrogen-bond acceptors (Lipinski definition) is 4. The summed E-state index contributed by atoms with van der Waals surface area (Å²) < 4.78 is 22.4. The van der Waals surface area contributed by atoms with E-state index in [1.54, 1.807) is 0 Å². The largest absolute Gasteiger partial charge is 0.335 e. The Kier molecular flexibility index (Phi) is 3.01. The van der Waals surface area contributed by atoms with E-state index in [2.05, 4.69) is 4.98 Å². The minimum atomic E-state index is -3.01. The summed E-state index contributed by atoms with van der Waals surface area (Å²) in [4.78, 5) is 26.8. The van der Waals surface area contributed by atoms with Gasteiger partial charge in [-0.2, -0.15) is 0 Å². The summed E-state index contributed by atoms with van der Waals surface area (Å²) in [5.41, 5.74) is -0.155. The molecule has 1 aromatic rings. The molecule has 1 amide bonds. The van der Waals surface area contributed by atoms with Gasteiger partial charge in [0.15, 0.2) is 9.84 Å². The summed E-state index contributed by atoms with van der Waals surface area (Å²) >= 11 is 0. The van der Waals surface area contributed by atoms with Crippen LogP contribution in [0, 0.1) is 0 Å². The lowest BCUT2D eigenvalue weighted by molar-refractivity contribution is 0.0764. The van der Waals surface area contributed by atoms with Crippen LogP contribution in [0.3, 0.4) is 0 Å². The van der Waals surface area contributed by atoms with Gasteiger partial charge in [-0.3, -0.25) is 9.59 Å². The van der Waals surface area contributed by atoms with Crippen LogP contribution in [0.15, 0.2) is 23.0 Å². The van der Waals surface area contributed by atoms with Crippen LogP contribution < -0.4 is 5.56 Å². The fourth-order valence-corrected chi connectivity index (χ4v) is 2.86. The first-order chi connectivity index (χ1) is 7.98. The quantitative estimate of drug-likeness (QED) is 0.716. The number of carbonyl (C=O) groups excluding carboxylic acids is 1. The maximum atomic E-state index is 11.9. The second-order valence-corrected chi connectivity index (χ2v) is 6.18. The van der Waals surface area contributed by atoms with Crippen molar-refractivity contribution in [3.63, 3.8) is 0 Å². The van der Waals surface area contributed by atoms with Crippen LogP contribution in [-0.2, 0) is 9.84 Å². The number of nitrogens with one attached hydrogen (secondary N) is 1. The third kappa shape index (κ3) is 2.73. The molecule has 7 heteroatoms. The van der Waals surface area contributed by atoms with Gasteiger partial charge < -0.3 is 9.88 Å². The number of pyridine rings is 1. The van der Waals surface area contributed by atoms with Crippen LogP contribution in [0.5, 0.6) is 0 Å². The molecule has 0 bridgehead atoms. The summed E-state index contributed by atoms with van der Waals surface area (Å²) in [5, 5.41) is 0. The minimum absolute atomic E-state index is 0.0180. The van der Waals surface area contributed by atoms with Crippen LogP contribution >= 0.6 is 0 Å². The first kappa shape index (κ1) is 11.8. The first-order valence-electron chi connectivity index (χ1n) is 5.17. The zero-order valence-electron chi connectivity index (χ0n) is 9.05. The van der Waals surface area contributed by atoms with Gasteiger partial charge in [-0.25, -0.2) is 8.42 Å². The predicted octanol–water partition coefficient (Wildman–Crippen LogP) is -0.754. The van der Waals surface area contributed by atoms with Crippen LogP contribution in [0.1, 0.15) is 10.5 Å². The summed E-state index contributed by atoms with van der Waals surface area (Å²) in [6, 6.07) is 4.32. The van der Waals surface area contributed by atoms with Crippen LogP contribution in [-0.4, -0.2) is 48.8 Å². The number of amides is 1. The van der Waals surface area contributed by atoms with Crippen molar-refractivity contribution in [2.45, 2.75) is 0 Å². The Morgan fingerprint density at radius 3 is 2.47 bits per heavy atom. The van der Waals surface area contributed by atoms with Gasteiger partial charge in [0, 0.05) is 19.2 Å². The van der Waals surface area contributed by atoms with Crippen molar-refractivity contribution in [3.8, 4) is 0 Å². The molecular formula is C10H12N2O4S. The standard InChI is InChI=1S/C10H12N2O4S/c13-9-3-1-2-8(11-9)10(14)12-4-6-17(15,16)7-5-12/h1-3H,4-7H2,(H,11,13). The number of rotatable bonds is 1. The lowest BCUT2D eigenvalue weighted by Crippen LogP contribution is -2.44. The molecule has 2 heterocycles. The van der Waals surface area contributed by atoms with E-state index in [9.17, 15) is 18.0 Å². The lowest BCUT2D eigenvalue weighted by atomic mass is 10.3. The van der Waals surface area contributed by atoms with E-state index in [4.69, 9.17) is 0 Å². The molecule has 0 aliphatic carbocycles. The number of aromatic nitrogens is 1. The Labute approximate surface area is 98.2 Å². The Morgan fingerprint density at radius 2 is 1.88 bits per heavy atom. The van der Waals surface area contributed by atoms with Crippen molar-refractivity contribution in [1.82, 2.24) is 9.88 Å². The van der Waals surface area contributed by atoms with Crippen LogP contribution in [0.25, 0.3) is 0 Å². The molecular weight excluding hydrogens is 244 g/mol. The molecule has 1 fully saturated rings. The van der Waals surface area contributed by atoms with Crippen molar-refractivity contribution >= 4 is 15.7 Å². The smallest absolute Gasteiger partial charge is 0.270 e. The molecule has 1 saturated heterocycles. The SMILES string of the molecule is O=C(c1cccc(=O)[nH]1)N1CCS(=O)(=O)CC1. The van der Waals surface area contributed by atoms with E-state index in [1.807, 2.05) is 0 Å². The number of aromatic amines is 1. The minimum Gasteiger partial charge on any atom is -0.335 e. The van der Waals surface area contributed by atoms with E-state index in [0.29, 0.717) is 0 Å². The van der Waals surface area contributed by atoms with Gasteiger partial charge in [0.1, 0.15) is 5.69 Å². The van der Waals surface area contributed by atoms with E-state index in [-0.39, 0.29) is 41.8 Å². The molecule has 0 spiro atoms. The highest BCUT2D eigenvalue weighted by Crippen LogP contribution is 2.07.